The van der Waals surface area contributed by atoms with Crippen LogP contribution in [0, 0.1) is 0 Å². The highest BCUT2D eigenvalue weighted by Crippen LogP contribution is 2.29. The van der Waals surface area contributed by atoms with Crippen molar-refractivity contribution in [2.75, 3.05) is 0 Å². The Bertz CT molecular complexity index is 275. The van der Waals surface area contributed by atoms with E-state index in [2.05, 4.69) is 15.9 Å². The Morgan fingerprint density at radius 3 is 2.55 bits per heavy atom. The number of hydrogen-bond acceptors (Lipinski definition) is 1. The first-order chi connectivity index (χ1) is 5.15. The number of hydrogen-bond donors (Lipinski definition) is 1. The average molecular weight is 256 g/mol. The maximum Gasteiger partial charge on any atom is 0.0693 e. The summed E-state index contributed by atoms with van der Waals surface area (Å²) in [6, 6.07) is 3.28. The van der Waals surface area contributed by atoms with Gasteiger partial charge in [0.15, 0.2) is 0 Å². The van der Waals surface area contributed by atoms with Gasteiger partial charge in [0.1, 0.15) is 0 Å². The lowest BCUT2D eigenvalue weighted by molar-refractivity contribution is 0.281. The fraction of sp³-hybridized carbons (Fsp3) is 0.143. The normalized spacial score (nSPS) is 10.2. The molecular formula is C7H5BrCl2O. The molecule has 1 nitrogen and oxygen atoms in total. The van der Waals surface area contributed by atoms with E-state index in [9.17, 15) is 0 Å². The van der Waals surface area contributed by atoms with Gasteiger partial charge in [-0.05, 0) is 33.6 Å². The van der Waals surface area contributed by atoms with Crippen LogP contribution in [0.4, 0.5) is 0 Å². The quantitative estimate of drug-likeness (QED) is 0.764. The molecule has 0 unspecified atom stereocenters. The largest absolute Gasteiger partial charge is 0.392 e. The molecule has 0 fully saturated rings. The number of rotatable bonds is 1. The minimum Gasteiger partial charge on any atom is -0.392 e. The molecule has 0 aliphatic heterocycles. The van der Waals surface area contributed by atoms with Crippen LogP contribution >= 0.6 is 39.1 Å². The van der Waals surface area contributed by atoms with Gasteiger partial charge in [0.2, 0.25) is 0 Å². The fourth-order valence-corrected chi connectivity index (χ4v) is 1.61. The summed E-state index contributed by atoms with van der Waals surface area (Å²) in [5, 5.41) is 9.87. The van der Waals surface area contributed by atoms with E-state index in [0.717, 1.165) is 0 Å². The van der Waals surface area contributed by atoms with Gasteiger partial charge in [-0.25, -0.2) is 0 Å². The van der Waals surface area contributed by atoms with Crippen molar-refractivity contribution in [3.8, 4) is 0 Å². The minimum atomic E-state index is -0.0686. The molecule has 0 aliphatic carbocycles. The zero-order chi connectivity index (χ0) is 8.43. The van der Waals surface area contributed by atoms with Crippen LogP contribution in [0.2, 0.25) is 10.0 Å². The molecule has 1 aromatic carbocycles. The molecule has 0 atom stereocenters. The second kappa shape index (κ2) is 3.76. The van der Waals surface area contributed by atoms with Gasteiger partial charge in [0, 0.05) is 9.50 Å². The van der Waals surface area contributed by atoms with Crippen molar-refractivity contribution in [2.45, 2.75) is 6.61 Å². The molecule has 0 saturated heterocycles. The maximum atomic E-state index is 8.82. The zero-order valence-electron chi connectivity index (χ0n) is 5.44. The average Bonchev–Trinajstić information content (AvgIpc) is 1.96. The molecule has 0 spiro atoms. The standard InChI is InChI=1S/C7H5BrCl2O/c8-7-4(3-11)1-5(9)2-6(7)10/h1-2,11H,3H2. The van der Waals surface area contributed by atoms with Crippen LogP contribution < -0.4 is 0 Å². The number of halogens is 3. The molecule has 4 heteroatoms. The van der Waals surface area contributed by atoms with Gasteiger partial charge >= 0.3 is 0 Å². The van der Waals surface area contributed by atoms with Crippen molar-refractivity contribution in [3.05, 3.63) is 32.2 Å². The Labute approximate surface area is 83.1 Å². The van der Waals surface area contributed by atoms with E-state index in [4.69, 9.17) is 28.3 Å². The fourth-order valence-electron chi connectivity index (χ4n) is 0.724. The smallest absolute Gasteiger partial charge is 0.0693 e. The highest BCUT2D eigenvalue weighted by Gasteiger charge is 2.04. The third kappa shape index (κ3) is 2.09. The molecule has 1 N–H and O–H groups in total. The van der Waals surface area contributed by atoms with Crippen molar-refractivity contribution >= 4 is 39.1 Å². The van der Waals surface area contributed by atoms with Crippen molar-refractivity contribution in [3.63, 3.8) is 0 Å². The van der Waals surface area contributed by atoms with Crippen LogP contribution in [0.25, 0.3) is 0 Å². The van der Waals surface area contributed by atoms with Crippen molar-refractivity contribution in [2.24, 2.45) is 0 Å². The third-order valence-corrected chi connectivity index (χ3v) is 2.92. The Morgan fingerprint density at radius 2 is 2.00 bits per heavy atom. The Balaban J connectivity index is 3.24. The Kier molecular flexibility index (Phi) is 3.19. The van der Waals surface area contributed by atoms with Crippen LogP contribution in [0.15, 0.2) is 16.6 Å². The SMILES string of the molecule is OCc1cc(Cl)cc(Cl)c1Br. The van der Waals surface area contributed by atoms with E-state index in [1.807, 2.05) is 0 Å². The van der Waals surface area contributed by atoms with Crippen molar-refractivity contribution in [1.29, 1.82) is 0 Å². The van der Waals surface area contributed by atoms with E-state index in [0.29, 0.717) is 20.1 Å². The molecule has 1 aromatic rings. The highest BCUT2D eigenvalue weighted by molar-refractivity contribution is 9.10. The Hall–Kier alpha value is 0.240. The van der Waals surface area contributed by atoms with Crippen LogP contribution in [-0.2, 0) is 6.61 Å². The van der Waals surface area contributed by atoms with Crippen LogP contribution in [0.1, 0.15) is 5.56 Å². The van der Waals surface area contributed by atoms with E-state index in [-0.39, 0.29) is 6.61 Å². The predicted octanol–water partition coefficient (Wildman–Crippen LogP) is 3.25. The van der Waals surface area contributed by atoms with Gasteiger partial charge in [-0.2, -0.15) is 0 Å². The first-order valence-electron chi connectivity index (χ1n) is 2.89. The molecule has 1 rings (SSSR count). The molecule has 0 heterocycles. The van der Waals surface area contributed by atoms with Gasteiger partial charge in [0.05, 0.1) is 11.6 Å². The number of aliphatic hydroxyl groups is 1. The van der Waals surface area contributed by atoms with E-state index in [1.165, 1.54) is 0 Å². The maximum absolute atomic E-state index is 8.82. The van der Waals surface area contributed by atoms with Gasteiger partial charge in [-0.15, -0.1) is 0 Å². The van der Waals surface area contributed by atoms with Crippen molar-refractivity contribution < 1.29 is 5.11 Å². The summed E-state index contributed by atoms with van der Waals surface area (Å²) in [4.78, 5) is 0. The summed E-state index contributed by atoms with van der Waals surface area (Å²) in [6.45, 7) is -0.0686. The highest BCUT2D eigenvalue weighted by atomic mass is 79.9. The molecule has 0 radical (unpaired) electrons. The Morgan fingerprint density at radius 1 is 1.36 bits per heavy atom. The third-order valence-electron chi connectivity index (χ3n) is 1.24. The summed E-state index contributed by atoms with van der Waals surface area (Å²) in [6.07, 6.45) is 0. The van der Waals surface area contributed by atoms with Crippen LogP contribution in [0.5, 0.6) is 0 Å². The summed E-state index contributed by atoms with van der Waals surface area (Å²) in [5.74, 6) is 0. The van der Waals surface area contributed by atoms with E-state index in [1.54, 1.807) is 12.1 Å². The van der Waals surface area contributed by atoms with Gasteiger partial charge in [-0.1, -0.05) is 23.2 Å². The van der Waals surface area contributed by atoms with Crippen LogP contribution in [-0.4, -0.2) is 5.11 Å². The lowest BCUT2D eigenvalue weighted by Crippen LogP contribution is -1.85. The first-order valence-corrected chi connectivity index (χ1v) is 4.44. The van der Waals surface area contributed by atoms with E-state index < -0.39 is 0 Å². The number of benzene rings is 1. The zero-order valence-corrected chi connectivity index (χ0v) is 8.54. The molecule has 0 bridgehead atoms. The lowest BCUT2D eigenvalue weighted by Gasteiger charge is -2.02. The first kappa shape index (κ1) is 9.33. The molecule has 0 aromatic heterocycles. The summed E-state index contributed by atoms with van der Waals surface area (Å²) in [7, 11) is 0. The summed E-state index contributed by atoms with van der Waals surface area (Å²) >= 11 is 14.7. The van der Waals surface area contributed by atoms with Gasteiger partial charge in [0.25, 0.3) is 0 Å². The monoisotopic (exact) mass is 254 g/mol. The van der Waals surface area contributed by atoms with Crippen LogP contribution in [0.3, 0.4) is 0 Å². The number of aliphatic hydroxyl groups excluding tert-OH is 1. The topological polar surface area (TPSA) is 20.2 Å². The molecule has 11 heavy (non-hydrogen) atoms. The molecular weight excluding hydrogens is 251 g/mol. The van der Waals surface area contributed by atoms with Crippen molar-refractivity contribution in [1.82, 2.24) is 0 Å². The molecule has 0 amide bonds. The summed E-state index contributed by atoms with van der Waals surface area (Å²) < 4.78 is 0.700. The van der Waals surface area contributed by atoms with E-state index >= 15 is 0 Å². The predicted molar refractivity (Wildman–Crippen MR) is 50.1 cm³/mol. The molecule has 0 aliphatic rings. The second-order valence-corrected chi connectivity index (χ2v) is 3.66. The second-order valence-electron chi connectivity index (χ2n) is 2.02. The summed E-state index contributed by atoms with van der Waals surface area (Å²) in [5.41, 5.74) is 0.697. The molecule has 0 saturated carbocycles. The minimum absolute atomic E-state index is 0.0686. The lowest BCUT2D eigenvalue weighted by atomic mass is 10.2. The molecule has 60 valence electrons. The van der Waals surface area contributed by atoms with Gasteiger partial charge in [-0.3, -0.25) is 0 Å². The van der Waals surface area contributed by atoms with Gasteiger partial charge < -0.3 is 5.11 Å².